The van der Waals surface area contributed by atoms with Gasteiger partial charge in [0.15, 0.2) is 0 Å². The van der Waals surface area contributed by atoms with Crippen LogP contribution in [0.15, 0.2) is 16.9 Å². The molecule has 0 saturated heterocycles. The normalized spacial score (nSPS) is 14.1. The van der Waals surface area contributed by atoms with Crippen LogP contribution in [0.4, 0.5) is 0 Å². The largest absolute Gasteiger partial charge is 0.364 e. The van der Waals surface area contributed by atoms with Crippen molar-refractivity contribution in [2.24, 2.45) is 0 Å². The first-order chi connectivity index (χ1) is 6.47. The number of hydrogen-bond acceptors (Lipinski definition) is 5. The molecule has 0 aliphatic rings. The van der Waals surface area contributed by atoms with E-state index < -0.39 is 9.84 Å². The van der Waals surface area contributed by atoms with Gasteiger partial charge >= 0.3 is 0 Å². The van der Waals surface area contributed by atoms with Gasteiger partial charge in [0.2, 0.25) is 0 Å². The molecule has 0 amide bonds. The van der Waals surface area contributed by atoms with Crippen molar-refractivity contribution in [3.8, 4) is 0 Å². The average Bonchev–Trinajstić information content (AvgIpc) is 2.49. The van der Waals surface area contributed by atoms with Crippen LogP contribution < -0.4 is 5.32 Å². The highest BCUT2D eigenvalue weighted by atomic mass is 32.2. The standard InChI is InChI=1S/C8H14N2O3S/c1-7(6-14(2,11)12)9-5-8-3-4-13-10-8/h3-4,7,9H,5-6H2,1-2H3. The highest BCUT2D eigenvalue weighted by Crippen LogP contribution is 1.96. The van der Waals surface area contributed by atoms with Crippen LogP contribution in [0.2, 0.25) is 0 Å². The Balaban J connectivity index is 2.32. The average molecular weight is 218 g/mol. The quantitative estimate of drug-likeness (QED) is 0.764. The third-order valence-electron chi connectivity index (χ3n) is 1.68. The van der Waals surface area contributed by atoms with Crippen molar-refractivity contribution in [2.75, 3.05) is 12.0 Å². The second-order valence-corrected chi connectivity index (χ2v) is 5.55. The molecule has 0 spiro atoms. The molecule has 0 bridgehead atoms. The van der Waals surface area contributed by atoms with E-state index in [1.165, 1.54) is 12.5 Å². The maximum atomic E-state index is 10.9. The SMILES string of the molecule is CC(CS(C)(=O)=O)NCc1ccon1. The van der Waals surface area contributed by atoms with Crippen molar-refractivity contribution < 1.29 is 12.9 Å². The Bertz CT molecular complexity index is 358. The van der Waals surface area contributed by atoms with Crippen molar-refractivity contribution in [3.05, 3.63) is 18.0 Å². The van der Waals surface area contributed by atoms with E-state index in [2.05, 4.69) is 15.0 Å². The minimum absolute atomic E-state index is 0.0818. The fourth-order valence-corrected chi connectivity index (χ4v) is 2.15. The van der Waals surface area contributed by atoms with Gasteiger partial charge in [0.05, 0.1) is 11.4 Å². The summed E-state index contributed by atoms with van der Waals surface area (Å²) in [5, 5.41) is 6.74. The maximum Gasteiger partial charge on any atom is 0.148 e. The van der Waals surface area contributed by atoms with Crippen molar-refractivity contribution in [1.82, 2.24) is 10.5 Å². The Labute approximate surface area is 83.4 Å². The predicted molar refractivity (Wildman–Crippen MR) is 52.5 cm³/mol. The summed E-state index contributed by atoms with van der Waals surface area (Å²) in [5.41, 5.74) is 0.769. The highest BCUT2D eigenvalue weighted by Gasteiger charge is 2.09. The van der Waals surface area contributed by atoms with Crippen LogP contribution in [0.1, 0.15) is 12.6 Å². The minimum atomic E-state index is -2.92. The third kappa shape index (κ3) is 4.38. The van der Waals surface area contributed by atoms with Gasteiger partial charge in [0.25, 0.3) is 0 Å². The molecular formula is C8H14N2O3S. The van der Waals surface area contributed by atoms with Gasteiger partial charge in [0, 0.05) is 24.9 Å². The van der Waals surface area contributed by atoms with E-state index in [0.717, 1.165) is 5.69 Å². The second-order valence-electron chi connectivity index (χ2n) is 3.37. The topological polar surface area (TPSA) is 72.2 Å². The van der Waals surface area contributed by atoms with E-state index in [9.17, 15) is 8.42 Å². The molecule has 1 unspecified atom stereocenters. The Hall–Kier alpha value is -0.880. The van der Waals surface area contributed by atoms with E-state index in [4.69, 9.17) is 0 Å². The zero-order chi connectivity index (χ0) is 10.6. The molecule has 6 heteroatoms. The monoisotopic (exact) mass is 218 g/mol. The van der Waals surface area contributed by atoms with Crippen LogP contribution in [0.5, 0.6) is 0 Å². The lowest BCUT2D eigenvalue weighted by molar-refractivity contribution is 0.406. The molecule has 0 aromatic carbocycles. The van der Waals surface area contributed by atoms with E-state index in [1.807, 2.05) is 6.92 Å². The zero-order valence-corrected chi connectivity index (χ0v) is 9.04. The van der Waals surface area contributed by atoms with Crippen LogP contribution in [-0.2, 0) is 16.4 Å². The summed E-state index contributed by atoms with van der Waals surface area (Å²) in [6.07, 6.45) is 2.71. The Morgan fingerprint density at radius 1 is 1.64 bits per heavy atom. The van der Waals surface area contributed by atoms with Gasteiger partial charge in [-0.05, 0) is 6.92 Å². The second kappa shape index (κ2) is 4.56. The highest BCUT2D eigenvalue weighted by molar-refractivity contribution is 7.90. The molecule has 1 rings (SSSR count). The van der Waals surface area contributed by atoms with Gasteiger partial charge in [-0.2, -0.15) is 0 Å². The number of hydrogen-bond donors (Lipinski definition) is 1. The number of rotatable bonds is 5. The predicted octanol–water partition coefficient (Wildman–Crippen LogP) is 0.197. The van der Waals surface area contributed by atoms with Crippen molar-refractivity contribution in [3.63, 3.8) is 0 Å². The van der Waals surface area contributed by atoms with Crippen LogP contribution in [0.3, 0.4) is 0 Å². The molecule has 14 heavy (non-hydrogen) atoms. The van der Waals surface area contributed by atoms with Gasteiger partial charge in [-0.25, -0.2) is 8.42 Å². The molecule has 0 saturated carbocycles. The molecule has 1 N–H and O–H groups in total. The van der Waals surface area contributed by atoms with Crippen LogP contribution in [-0.4, -0.2) is 31.6 Å². The van der Waals surface area contributed by atoms with Gasteiger partial charge in [-0.3, -0.25) is 0 Å². The molecule has 1 heterocycles. The van der Waals surface area contributed by atoms with Crippen LogP contribution >= 0.6 is 0 Å². The number of aromatic nitrogens is 1. The summed E-state index contributed by atoms with van der Waals surface area (Å²) in [7, 11) is -2.92. The Morgan fingerprint density at radius 2 is 2.36 bits per heavy atom. The summed E-state index contributed by atoms with van der Waals surface area (Å²) in [4.78, 5) is 0. The molecule has 0 fully saturated rings. The lowest BCUT2D eigenvalue weighted by atomic mass is 10.3. The first-order valence-electron chi connectivity index (χ1n) is 4.28. The van der Waals surface area contributed by atoms with Gasteiger partial charge < -0.3 is 9.84 Å². The molecular weight excluding hydrogens is 204 g/mol. The summed E-state index contributed by atoms with van der Waals surface area (Å²) >= 11 is 0. The van der Waals surface area contributed by atoms with Crippen molar-refractivity contribution in [1.29, 1.82) is 0 Å². The number of nitrogens with one attached hydrogen (secondary N) is 1. The number of nitrogens with zero attached hydrogens (tertiary/aromatic N) is 1. The number of sulfone groups is 1. The van der Waals surface area contributed by atoms with Gasteiger partial charge in [-0.1, -0.05) is 5.16 Å². The van der Waals surface area contributed by atoms with Gasteiger partial charge in [-0.15, -0.1) is 0 Å². The van der Waals surface area contributed by atoms with Crippen LogP contribution in [0, 0.1) is 0 Å². The maximum absolute atomic E-state index is 10.9. The summed E-state index contributed by atoms with van der Waals surface area (Å²) in [6.45, 7) is 2.34. The Kier molecular flexibility index (Phi) is 3.65. The molecule has 0 radical (unpaired) electrons. The first kappa shape index (κ1) is 11.2. The fourth-order valence-electron chi connectivity index (χ4n) is 1.12. The summed E-state index contributed by atoms with van der Waals surface area (Å²) in [5.74, 6) is 0.130. The lowest BCUT2D eigenvalue weighted by Crippen LogP contribution is -2.32. The molecule has 80 valence electrons. The third-order valence-corrected chi connectivity index (χ3v) is 2.78. The molecule has 1 aromatic rings. The van der Waals surface area contributed by atoms with Gasteiger partial charge in [0.1, 0.15) is 16.1 Å². The van der Waals surface area contributed by atoms with E-state index in [-0.39, 0.29) is 11.8 Å². The molecule has 0 aliphatic heterocycles. The van der Waals surface area contributed by atoms with E-state index in [0.29, 0.717) is 6.54 Å². The molecule has 1 atom stereocenters. The van der Waals surface area contributed by atoms with E-state index >= 15 is 0 Å². The molecule has 1 aromatic heterocycles. The van der Waals surface area contributed by atoms with Crippen molar-refractivity contribution >= 4 is 9.84 Å². The lowest BCUT2D eigenvalue weighted by Gasteiger charge is -2.10. The molecule has 5 nitrogen and oxygen atoms in total. The molecule has 0 aliphatic carbocycles. The van der Waals surface area contributed by atoms with Crippen molar-refractivity contribution in [2.45, 2.75) is 19.5 Å². The summed E-state index contributed by atoms with van der Waals surface area (Å²) < 4.78 is 26.5. The van der Waals surface area contributed by atoms with E-state index in [1.54, 1.807) is 6.07 Å². The summed E-state index contributed by atoms with van der Waals surface area (Å²) in [6, 6.07) is 1.65. The fraction of sp³-hybridized carbons (Fsp3) is 0.625. The van der Waals surface area contributed by atoms with Crippen LogP contribution in [0.25, 0.3) is 0 Å². The smallest absolute Gasteiger partial charge is 0.148 e. The zero-order valence-electron chi connectivity index (χ0n) is 8.23. The minimum Gasteiger partial charge on any atom is -0.364 e. The Morgan fingerprint density at radius 3 is 2.86 bits per heavy atom. The first-order valence-corrected chi connectivity index (χ1v) is 6.34.